The number of nitrogens with zero attached hydrogens (tertiary/aromatic N) is 1. The number of benzene rings is 1. The molecule has 2 nitrogen and oxygen atoms in total. The summed E-state index contributed by atoms with van der Waals surface area (Å²) in [6.07, 6.45) is 4.64. The van der Waals surface area contributed by atoms with Gasteiger partial charge in [0.1, 0.15) is 5.82 Å². The van der Waals surface area contributed by atoms with Gasteiger partial charge >= 0.3 is 0 Å². The molecule has 1 aromatic carbocycles. The molecule has 0 radical (unpaired) electrons. The second-order valence-corrected chi connectivity index (χ2v) is 5.28. The fourth-order valence-corrected chi connectivity index (χ4v) is 2.25. The standard InChI is InChI=1S/C15H23FN2/c1-3-4-9-18(13-6-7-13)15-8-5-12(11(2)17)10-14(15)16/h5,8,10-11,13H,3-4,6-7,9,17H2,1-2H3. The van der Waals surface area contributed by atoms with Gasteiger partial charge in [-0.3, -0.25) is 0 Å². The summed E-state index contributed by atoms with van der Waals surface area (Å²) in [7, 11) is 0. The Hall–Kier alpha value is -1.09. The van der Waals surface area contributed by atoms with E-state index in [4.69, 9.17) is 5.73 Å². The Kier molecular flexibility index (Phi) is 4.23. The van der Waals surface area contributed by atoms with Crippen molar-refractivity contribution in [2.24, 2.45) is 5.73 Å². The van der Waals surface area contributed by atoms with E-state index >= 15 is 0 Å². The van der Waals surface area contributed by atoms with Crippen LogP contribution in [0.5, 0.6) is 0 Å². The lowest BCUT2D eigenvalue weighted by Crippen LogP contribution is -2.27. The van der Waals surface area contributed by atoms with Crippen LogP contribution < -0.4 is 10.6 Å². The SMILES string of the molecule is CCCCN(c1ccc(C(C)N)cc1F)C1CC1. The summed E-state index contributed by atoms with van der Waals surface area (Å²) in [6, 6.07) is 5.86. The van der Waals surface area contributed by atoms with E-state index < -0.39 is 0 Å². The molecule has 0 amide bonds. The summed E-state index contributed by atoms with van der Waals surface area (Å²) >= 11 is 0. The van der Waals surface area contributed by atoms with Crippen molar-refractivity contribution in [2.45, 2.75) is 51.6 Å². The third-order valence-corrected chi connectivity index (χ3v) is 3.55. The minimum atomic E-state index is -0.132. The first-order valence-corrected chi connectivity index (χ1v) is 6.95. The Balaban J connectivity index is 2.19. The van der Waals surface area contributed by atoms with E-state index in [1.807, 2.05) is 19.1 Å². The second kappa shape index (κ2) is 5.70. The molecular weight excluding hydrogens is 227 g/mol. The second-order valence-electron chi connectivity index (χ2n) is 5.28. The highest BCUT2D eigenvalue weighted by atomic mass is 19.1. The van der Waals surface area contributed by atoms with E-state index in [-0.39, 0.29) is 11.9 Å². The molecule has 0 aromatic heterocycles. The van der Waals surface area contributed by atoms with Gasteiger partial charge in [0.25, 0.3) is 0 Å². The number of anilines is 1. The van der Waals surface area contributed by atoms with Gasteiger partial charge in [0.05, 0.1) is 5.69 Å². The number of hydrogen-bond acceptors (Lipinski definition) is 2. The van der Waals surface area contributed by atoms with Gasteiger partial charge < -0.3 is 10.6 Å². The van der Waals surface area contributed by atoms with Crippen LogP contribution in [0.4, 0.5) is 10.1 Å². The van der Waals surface area contributed by atoms with Crippen LogP contribution in [0.3, 0.4) is 0 Å². The van der Waals surface area contributed by atoms with Crippen molar-refractivity contribution in [1.29, 1.82) is 0 Å². The van der Waals surface area contributed by atoms with E-state index in [1.165, 1.54) is 12.8 Å². The van der Waals surface area contributed by atoms with Gasteiger partial charge in [-0.15, -0.1) is 0 Å². The first-order chi connectivity index (χ1) is 8.63. The first-order valence-electron chi connectivity index (χ1n) is 6.95. The molecule has 0 spiro atoms. The molecule has 0 aliphatic heterocycles. The van der Waals surface area contributed by atoms with Crippen molar-refractivity contribution in [3.05, 3.63) is 29.6 Å². The van der Waals surface area contributed by atoms with Crippen molar-refractivity contribution in [1.82, 2.24) is 0 Å². The Labute approximate surface area is 109 Å². The quantitative estimate of drug-likeness (QED) is 0.835. The Morgan fingerprint density at radius 2 is 2.17 bits per heavy atom. The molecule has 2 rings (SSSR count). The third kappa shape index (κ3) is 3.02. The van der Waals surface area contributed by atoms with E-state index in [0.29, 0.717) is 6.04 Å². The van der Waals surface area contributed by atoms with Gasteiger partial charge in [-0.25, -0.2) is 4.39 Å². The summed E-state index contributed by atoms with van der Waals surface area (Å²) < 4.78 is 14.2. The average Bonchev–Trinajstić information content (AvgIpc) is 3.15. The zero-order chi connectivity index (χ0) is 13.1. The summed E-state index contributed by atoms with van der Waals surface area (Å²) in [4.78, 5) is 2.23. The molecule has 0 heterocycles. The zero-order valence-corrected chi connectivity index (χ0v) is 11.3. The van der Waals surface area contributed by atoms with Gasteiger partial charge in [-0.2, -0.15) is 0 Å². The smallest absolute Gasteiger partial charge is 0.146 e. The molecule has 0 bridgehead atoms. The average molecular weight is 250 g/mol. The van der Waals surface area contributed by atoms with Crippen molar-refractivity contribution < 1.29 is 4.39 Å². The van der Waals surface area contributed by atoms with Gasteiger partial charge in [0.2, 0.25) is 0 Å². The van der Waals surface area contributed by atoms with Crippen LogP contribution in [-0.4, -0.2) is 12.6 Å². The summed E-state index contributed by atoms with van der Waals surface area (Å²) in [6.45, 7) is 5.00. The van der Waals surface area contributed by atoms with Crippen molar-refractivity contribution in [2.75, 3.05) is 11.4 Å². The Morgan fingerprint density at radius 1 is 1.44 bits per heavy atom. The predicted molar refractivity (Wildman–Crippen MR) is 74.3 cm³/mol. The molecule has 1 aromatic rings. The first kappa shape index (κ1) is 13.3. The lowest BCUT2D eigenvalue weighted by molar-refractivity contribution is 0.605. The van der Waals surface area contributed by atoms with E-state index in [1.54, 1.807) is 6.07 Å². The van der Waals surface area contributed by atoms with E-state index in [2.05, 4.69) is 11.8 Å². The third-order valence-electron chi connectivity index (χ3n) is 3.55. The highest BCUT2D eigenvalue weighted by molar-refractivity contribution is 5.51. The van der Waals surface area contributed by atoms with Crippen molar-refractivity contribution in [3.8, 4) is 0 Å². The van der Waals surface area contributed by atoms with Crippen LogP contribution in [-0.2, 0) is 0 Å². The molecule has 1 fully saturated rings. The molecule has 2 N–H and O–H groups in total. The maximum Gasteiger partial charge on any atom is 0.146 e. The van der Waals surface area contributed by atoms with Gasteiger partial charge in [-0.1, -0.05) is 19.4 Å². The van der Waals surface area contributed by atoms with Crippen molar-refractivity contribution in [3.63, 3.8) is 0 Å². The number of nitrogens with two attached hydrogens (primary N) is 1. The number of hydrogen-bond donors (Lipinski definition) is 1. The zero-order valence-electron chi connectivity index (χ0n) is 11.3. The van der Waals surface area contributed by atoms with Gasteiger partial charge in [0.15, 0.2) is 0 Å². The number of unbranched alkanes of at least 4 members (excludes halogenated alkanes) is 1. The highest BCUT2D eigenvalue weighted by Gasteiger charge is 2.30. The molecule has 1 saturated carbocycles. The van der Waals surface area contributed by atoms with Crippen molar-refractivity contribution >= 4 is 5.69 Å². The van der Waals surface area contributed by atoms with Crippen LogP contribution in [0.25, 0.3) is 0 Å². The van der Waals surface area contributed by atoms with Gasteiger partial charge in [0, 0.05) is 18.6 Å². The maximum atomic E-state index is 14.2. The monoisotopic (exact) mass is 250 g/mol. The Morgan fingerprint density at radius 3 is 2.67 bits per heavy atom. The molecule has 1 unspecified atom stereocenters. The lowest BCUT2D eigenvalue weighted by atomic mass is 10.1. The van der Waals surface area contributed by atoms with Crippen LogP contribution >= 0.6 is 0 Å². The number of rotatable bonds is 6. The van der Waals surface area contributed by atoms with Gasteiger partial charge in [-0.05, 0) is 43.9 Å². The largest absolute Gasteiger partial charge is 0.366 e. The normalized spacial score (nSPS) is 16.7. The predicted octanol–water partition coefficient (Wildman–Crippen LogP) is 3.61. The lowest BCUT2D eigenvalue weighted by Gasteiger charge is -2.25. The highest BCUT2D eigenvalue weighted by Crippen LogP contribution is 2.34. The summed E-state index contributed by atoms with van der Waals surface area (Å²) in [5.74, 6) is -0.132. The fraction of sp³-hybridized carbons (Fsp3) is 0.600. The molecule has 18 heavy (non-hydrogen) atoms. The summed E-state index contributed by atoms with van der Waals surface area (Å²) in [5.41, 5.74) is 7.39. The van der Waals surface area contributed by atoms with Crippen LogP contribution in [0.1, 0.15) is 51.1 Å². The molecule has 100 valence electrons. The minimum Gasteiger partial charge on any atom is -0.366 e. The van der Waals surface area contributed by atoms with Crippen LogP contribution in [0.2, 0.25) is 0 Å². The molecule has 1 aliphatic carbocycles. The van der Waals surface area contributed by atoms with E-state index in [9.17, 15) is 4.39 Å². The molecule has 3 heteroatoms. The fourth-order valence-electron chi connectivity index (χ4n) is 2.25. The topological polar surface area (TPSA) is 29.3 Å². The number of halogens is 1. The summed E-state index contributed by atoms with van der Waals surface area (Å²) in [5, 5.41) is 0. The molecular formula is C15H23FN2. The minimum absolute atomic E-state index is 0.112. The Bertz CT molecular complexity index is 399. The maximum absolute atomic E-state index is 14.2. The molecule has 1 atom stereocenters. The molecule has 1 aliphatic rings. The van der Waals surface area contributed by atoms with Crippen LogP contribution in [0, 0.1) is 5.82 Å². The molecule has 0 saturated heterocycles. The van der Waals surface area contributed by atoms with E-state index in [0.717, 1.165) is 30.6 Å². The van der Waals surface area contributed by atoms with Crippen LogP contribution in [0.15, 0.2) is 18.2 Å².